The van der Waals surface area contributed by atoms with E-state index in [0.29, 0.717) is 0 Å². The molecule has 10 aromatic rings. The van der Waals surface area contributed by atoms with E-state index in [1.807, 2.05) is 6.20 Å². The van der Waals surface area contributed by atoms with Crippen molar-refractivity contribution < 1.29 is 9.30 Å². The van der Waals surface area contributed by atoms with Gasteiger partial charge in [0, 0.05) is 39.3 Å². The molecule has 0 amide bonds. The lowest BCUT2D eigenvalue weighted by Crippen LogP contribution is -2.41. The second-order valence-corrected chi connectivity index (χ2v) is 28.2. The first kappa shape index (κ1) is 55.8. The van der Waals surface area contributed by atoms with Gasteiger partial charge in [-0.15, -0.1) is 0 Å². The molecule has 0 aliphatic rings. The fourth-order valence-corrected chi connectivity index (χ4v) is 11.7. The van der Waals surface area contributed by atoms with Gasteiger partial charge in [-0.3, -0.25) is 13.7 Å². The van der Waals surface area contributed by atoms with E-state index in [-0.39, 0.29) is 32.5 Å². The van der Waals surface area contributed by atoms with Crippen LogP contribution in [-0.2, 0) is 37.9 Å². The Morgan fingerprint density at radius 2 is 0.900 bits per heavy atom. The largest absolute Gasteiger partial charge is 0.458 e. The van der Waals surface area contributed by atoms with Gasteiger partial charge in [0.25, 0.3) is 6.33 Å². The Morgan fingerprint density at radius 1 is 0.388 bits per heavy atom. The van der Waals surface area contributed by atoms with E-state index in [2.05, 4.69) is 321 Å². The molecule has 5 nitrogen and oxygen atoms in total. The highest BCUT2D eigenvalue weighted by molar-refractivity contribution is 6.09. The molecule has 0 radical (unpaired) electrons. The van der Waals surface area contributed by atoms with Gasteiger partial charge in [-0.1, -0.05) is 228 Å². The summed E-state index contributed by atoms with van der Waals surface area (Å²) in [6.45, 7) is 41.7. The molecule has 10 rings (SSSR count). The quantitative estimate of drug-likeness (QED) is 0.0956. The Hall–Kier alpha value is -7.50. The van der Waals surface area contributed by atoms with Gasteiger partial charge >= 0.3 is 0 Å². The van der Waals surface area contributed by atoms with Gasteiger partial charge in [-0.05, 0) is 133 Å². The van der Waals surface area contributed by atoms with Gasteiger partial charge in [0.15, 0.2) is 0 Å². The summed E-state index contributed by atoms with van der Waals surface area (Å²) in [4.78, 5) is 5.04. The smallest absolute Gasteiger partial charge is 0.269 e. The zero-order valence-electron chi connectivity index (χ0n) is 51.0. The van der Waals surface area contributed by atoms with Crippen LogP contribution in [0, 0.1) is 6.33 Å². The molecule has 0 aliphatic carbocycles. The normalized spacial score (nSPS) is 13.1. The number of pyridine rings is 1. The van der Waals surface area contributed by atoms with E-state index in [1.54, 1.807) is 0 Å². The summed E-state index contributed by atoms with van der Waals surface area (Å²) in [5.74, 6) is 2.38. The van der Waals surface area contributed by atoms with Crippen molar-refractivity contribution in [1.82, 2.24) is 14.1 Å². The number of benzene rings is 7. The molecule has 5 heteroatoms. The predicted molar refractivity (Wildman–Crippen MR) is 335 cm³/mol. The molecule has 0 unspecified atom stereocenters. The fraction of sp³-hybridized carbons (Fsp3) is 0.333. The Balaban J connectivity index is 1.21. The maximum atomic E-state index is 7.30. The number of hydrogen-bond acceptors (Lipinski definition) is 2. The van der Waals surface area contributed by atoms with Crippen molar-refractivity contribution in [2.24, 2.45) is 0 Å². The van der Waals surface area contributed by atoms with E-state index in [0.717, 1.165) is 50.7 Å². The number of nitrogens with zero attached hydrogens (tertiary/aromatic N) is 4. The van der Waals surface area contributed by atoms with E-state index in [4.69, 9.17) is 9.72 Å². The highest BCUT2D eigenvalue weighted by Crippen LogP contribution is 2.44. The molecule has 0 atom stereocenters. The van der Waals surface area contributed by atoms with Crippen LogP contribution < -0.4 is 9.30 Å². The van der Waals surface area contributed by atoms with Crippen LogP contribution in [0.25, 0.3) is 39.0 Å². The fourth-order valence-electron chi connectivity index (χ4n) is 11.7. The van der Waals surface area contributed by atoms with Crippen LogP contribution >= 0.6 is 0 Å². The van der Waals surface area contributed by atoms with Crippen LogP contribution in [0.15, 0.2) is 182 Å². The minimum Gasteiger partial charge on any atom is -0.458 e. The van der Waals surface area contributed by atoms with Gasteiger partial charge < -0.3 is 4.74 Å². The zero-order chi connectivity index (χ0) is 57.5. The molecule has 0 fully saturated rings. The minimum absolute atomic E-state index is 0.0191. The molecule has 0 bridgehead atoms. The molecular weight excluding hydrogens is 973 g/mol. The predicted octanol–water partition coefficient (Wildman–Crippen LogP) is 19.0. The number of hydrogen-bond donors (Lipinski definition) is 0. The lowest BCUT2D eigenvalue weighted by Gasteiger charge is -2.33. The number of fused-ring (bicyclic) bond motifs is 3. The lowest BCUT2D eigenvalue weighted by atomic mass is 9.73. The van der Waals surface area contributed by atoms with Crippen molar-refractivity contribution in [2.75, 3.05) is 0 Å². The first-order chi connectivity index (χ1) is 37.4. The third-order valence-corrected chi connectivity index (χ3v) is 16.9. The van der Waals surface area contributed by atoms with Crippen LogP contribution in [-0.4, -0.2) is 14.1 Å². The van der Waals surface area contributed by atoms with Crippen molar-refractivity contribution in [2.45, 2.75) is 163 Å². The standard InChI is InChI=1S/C75H84N4O/c1-69(2,3)53-34-37-64-63(45-53)62-36-35-60(48-65(62)79(64)66-46-54(38-39-76-66)70(4,5)6)80-61-44-57(75(17,18)52-32-26-21-27-33-52)43-59(47-61)78-49-77(67(71(7,8)9)68(78)72(10,11)12)58-41-55(73(13,14)50-28-22-19-23-29-50)40-56(42-58)74(15,16)51-30-24-20-25-31-51/h19-48H,1-18H3. The summed E-state index contributed by atoms with van der Waals surface area (Å²) in [5, 5.41) is 2.35. The summed E-state index contributed by atoms with van der Waals surface area (Å²) >= 11 is 0. The van der Waals surface area contributed by atoms with E-state index in [1.165, 1.54) is 55.7 Å². The van der Waals surface area contributed by atoms with Crippen molar-refractivity contribution in [1.29, 1.82) is 0 Å². The van der Waals surface area contributed by atoms with Gasteiger partial charge in [0.2, 0.25) is 0 Å². The molecule has 0 saturated heterocycles. The molecule has 0 aliphatic heterocycles. The minimum atomic E-state index is -0.395. The average molecular weight is 1060 g/mol. The summed E-state index contributed by atoms with van der Waals surface area (Å²) < 4.78 is 14.3. The molecular formula is C75H84N4O. The highest BCUT2D eigenvalue weighted by Gasteiger charge is 2.37. The third-order valence-electron chi connectivity index (χ3n) is 16.9. The van der Waals surface area contributed by atoms with Crippen molar-refractivity contribution in [3.63, 3.8) is 0 Å². The van der Waals surface area contributed by atoms with Gasteiger partial charge in [0.1, 0.15) is 17.3 Å². The van der Waals surface area contributed by atoms with E-state index >= 15 is 0 Å². The number of aromatic nitrogens is 4. The van der Waals surface area contributed by atoms with Crippen LogP contribution in [0.1, 0.15) is 181 Å². The van der Waals surface area contributed by atoms with Crippen LogP contribution in [0.4, 0.5) is 0 Å². The molecule has 0 N–H and O–H groups in total. The van der Waals surface area contributed by atoms with Crippen molar-refractivity contribution in [3.05, 3.63) is 244 Å². The second kappa shape index (κ2) is 19.9. The van der Waals surface area contributed by atoms with Crippen molar-refractivity contribution in [3.8, 4) is 28.7 Å². The van der Waals surface area contributed by atoms with Gasteiger partial charge in [0.05, 0.1) is 33.8 Å². The number of rotatable bonds is 11. The molecule has 7 aromatic carbocycles. The molecule has 3 aromatic heterocycles. The van der Waals surface area contributed by atoms with Crippen LogP contribution in [0.2, 0.25) is 0 Å². The monoisotopic (exact) mass is 1060 g/mol. The maximum absolute atomic E-state index is 7.30. The van der Waals surface area contributed by atoms with Crippen LogP contribution in [0.3, 0.4) is 0 Å². The van der Waals surface area contributed by atoms with E-state index in [9.17, 15) is 0 Å². The maximum Gasteiger partial charge on any atom is 0.269 e. The zero-order valence-corrected chi connectivity index (χ0v) is 51.0. The summed E-state index contributed by atoms with van der Waals surface area (Å²) in [5.41, 5.74) is 14.8. The average Bonchev–Trinajstić information content (AvgIpc) is 4.23. The first-order valence-corrected chi connectivity index (χ1v) is 28.8. The van der Waals surface area contributed by atoms with Crippen LogP contribution in [0.5, 0.6) is 11.5 Å². The van der Waals surface area contributed by atoms with Gasteiger partial charge in [-0.2, -0.15) is 0 Å². The highest BCUT2D eigenvalue weighted by atomic mass is 16.5. The summed E-state index contributed by atoms with van der Waals surface area (Å²) in [6.07, 6.45) is 6.05. The van der Waals surface area contributed by atoms with E-state index < -0.39 is 5.41 Å². The number of imidazole rings is 1. The van der Waals surface area contributed by atoms with Gasteiger partial charge in [-0.25, -0.2) is 4.98 Å². The Labute approximate surface area is 478 Å². The SMILES string of the molecule is CC(C)(C)c1ccnc(-n2c3ccc(C(C)(C)C)cc3c3ccc(Oc4cc(-n5[c-][n+](-c6cc(C(C)(C)c7ccccc7)cc(C(C)(C)c7ccccc7)c6)c(C(C)(C)C)c5C(C)(C)C)cc(C(C)(C)c5ccccc5)c4)cc32)c1. The summed E-state index contributed by atoms with van der Waals surface area (Å²) in [7, 11) is 0. The Bertz CT molecular complexity index is 3830. The third kappa shape index (κ3) is 10.5. The molecule has 0 saturated carbocycles. The Kier molecular flexibility index (Phi) is 13.9. The van der Waals surface area contributed by atoms with Crippen molar-refractivity contribution >= 4 is 21.8 Å². The Morgan fingerprint density at radius 3 is 1.40 bits per heavy atom. The second-order valence-electron chi connectivity index (χ2n) is 28.2. The molecule has 410 valence electrons. The summed E-state index contributed by atoms with van der Waals surface area (Å²) in [6, 6.07) is 64.7. The number of ether oxygens (including phenoxy) is 1. The molecule has 3 heterocycles. The molecule has 80 heavy (non-hydrogen) atoms. The topological polar surface area (TPSA) is 35.9 Å². The first-order valence-electron chi connectivity index (χ1n) is 28.8. The lowest BCUT2D eigenvalue weighted by molar-refractivity contribution is -0.611. The molecule has 0 spiro atoms.